The standard InChI is InChI=1S/C13H18N2O2S/c1-8-6-15(7-9(2)17-8)13-14-12-10(16)4-3-5-11(12)18-13/h8-9H,3-7H2,1-2H3/t8-,9+. The van der Waals surface area contributed by atoms with Crippen molar-refractivity contribution >= 4 is 22.3 Å². The van der Waals surface area contributed by atoms with Crippen LogP contribution in [-0.2, 0) is 11.2 Å². The van der Waals surface area contributed by atoms with Gasteiger partial charge in [0, 0.05) is 24.4 Å². The summed E-state index contributed by atoms with van der Waals surface area (Å²) in [6, 6.07) is 0. The van der Waals surface area contributed by atoms with Gasteiger partial charge in [-0.25, -0.2) is 4.98 Å². The van der Waals surface area contributed by atoms with Crippen LogP contribution in [0.15, 0.2) is 0 Å². The van der Waals surface area contributed by atoms with Crippen LogP contribution in [0.1, 0.15) is 42.1 Å². The minimum atomic E-state index is 0.216. The van der Waals surface area contributed by atoms with Gasteiger partial charge in [-0.3, -0.25) is 4.79 Å². The lowest BCUT2D eigenvalue weighted by Crippen LogP contribution is -2.45. The number of anilines is 1. The highest BCUT2D eigenvalue weighted by Crippen LogP contribution is 2.32. The van der Waals surface area contributed by atoms with Crippen LogP contribution in [0, 0.1) is 0 Å². The first kappa shape index (κ1) is 12.1. The van der Waals surface area contributed by atoms with E-state index in [1.165, 1.54) is 4.88 Å². The number of aromatic nitrogens is 1. The molecule has 5 heteroatoms. The lowest BCUT2D eigenvalue weighted by atomic mass is 10.0. The molecule has 4 nitrogen and oxygen atoms in total. The monoisotopic (exact) mass is 266 g/mol. The van der Waals surface area contributed by atoms with E-state index >= 15 is 0 Å². The summed E-state index contributed by atoms with van der Waals surface area (Å²) in [5.41, 5.74) is 0.730. The van der Waals surface area contributed by atoms with Crippen molar-refractivity contribution in [3.8, 4) is 0 Å². The summed E-state index contributed by atoms with van der Waals surface area (Å²) in [7, 11) is 0. The molecule has 0 aromatic carbocycles. The van der Waals surface area contributed by atoms with Crippen molar-refractivity contribution in [1.82, 2.24) is 4.98 Å². The van der Waals surface area contributed by atoms with Crippen LogP contribution in [-0.4, -0.2) is 36.1 Å². The Morgan fingerprint density at radius 3 is 2.67 bits per heavy atom. The Morgan fingerprint density at radius 1 is 1.28 bits per heavy atom. The van der Waals surface area contributed by atoms with Crippen molar-refractivity contribution in [2.24, 2.45) is 0 Å². The Labute approximate surface area is 111 Å². The average Bonchev–Trinajstić information content (AvgIpc) is 2.73. The minimum Gasteiger partial charge on any atom is -0.372 e. The molecule has 0 spiro atoms. The van der Waals surface area contributed by atoms with Crippen LogP contribution in [0.4, 0.5) is 5.13 Å². The summed E-state index contributed by atoms with van der Waals surface area (Å²) < 4.78 is 5.73. The van der Waals surface area contributed by atoms with Gasteiger partial charge in [-0.05, 0) is 26.7 Å². The molecule has 98 valence electrons. The molecule has 2 heterocycles. The van der Waals surface area contributed by atoms with Crippen LogP contribution >= 0.6 is 11.3 Å². The highest BCUT2D eigenvalue weighted by molar-refractivity contribution is 7.16. The average molecular weight is 266 g/mol. The molecule has 18 heavy (non-hydrogen) atoms. The molecule has 0 bridgehead atoms. The first-order valence-electron chi connectivity index (χ1n) is 6.57. The van der Waals surface area contributed by atoms with Crippen molar-refractivity contribution in [1.29, 1.82) is 0 Å². The minimum absolute atomic E-state index is 0.216. The predicted molar refractivity (Wildman–Crippen MR) is 71.6 cm³/mol. The Hall–Kier alpha value is -0.940. The Morgan fingerprint density at radius 2 is 2.00 bits per heavy atom. The quantitative estimate of drug-likeness (QED) is 0.782. The second kappa shape index (κ2) is 4.63. The first-order valence-corrected chi connectivity index (χ1v) is 7.38. The summed E-state index contributed by atoms with van der Waals surface area (Å²) in [4.78, 5) is 19.8. The lowest BCUT2D eigenvalue weighted by Gasteiger charge is -2.35. The molecule has 0 unspecified atom stereocenters. The van der Waals surface area contributed by atoms with Crippen LogP contribution < -0.4 is 4.90 Å². The second-order valence-corrected chi connectivity index (χ2v) is 6.27. The van der Waals surface area contributed by atoms with Crippen LogP contribution in [0.5, 0.6) is 0 Å². The number of ether oxygens (including phenoxy) is 1. The van der Waals surface area contributed by atoms with E-state index in [1.807, 2.05) is 0 Å². The van der Waals surface area contributed by atoms with Gasteiger partial charge in [0.15, 0.2) is 10.9 Å². The fraction of sp³-hybridized carbons (Fsp3) is 0.692. The van der Waals surface area contributed by atoms with Gasteiger partial charge < -0.3 is 9.64 Å². The third kappa shape index (κ3) is 2.17. The summed E-state index contributed by atoms with van der Waals surface area (Å²) in [6.07, 6.45) is 3.10. The molecular weight excluding hydrogens is 248 g/mol. The van der Waals surface area contributed by atoms with E-state index in [9.17, 15) is 4.79 Å². The first-order chi connectivity index (χ1) is 8.63. The third-order valence-corrected chi connectivity index (χ3v) is 4.62. The molecule has 2 atom stereocenters. The number of thiazole rings is 1. The van der Waals surface area contributed by atoms with Crippen LogP contribution in [0.3, 0.4) is 0 Å². The molecule has 1 fully saturated rings. The Bertz CT molecular complexity index is 462. The SMILES string of the molecule is C[C@@H]1CN(c2nc3c(s2)CCCC3=O)C[C@H](C)O1. The zero-order valence-electron chi connectivity index (χ0n) is 10.8. The Balaban J connectivity index is 1.86. The molecule has 0 radical (unpaired) electrons. The molecule has 1 saturated heterocycles. The summed E-state index contributed by atoms with van der Waals surface area (Å²) in [5.74, 6) is 0.216. The molecule has 2 aliphatic rings. The van der Waals surface area contributed by atoms with Gasteiger partial charge in [0.2, 0.25) is 0 Å². The zero-order valence-corrected chi connectivity index (χ0v) is 11.6. The van der Waals surface area contributed by atoms with E-state index in [1.54, 1.807) is 11.3 Å². The van der Waals surface area contributed by atoms with Crippen molar-refractivity contribution in [3.05, 3.63) is 10.6 Å². The number of nitrogens with zero attached hydrogens (tertiary/aromatic N) is 2. The normalized spacial score (nSPS) is 28.3. The fourth-order valence-corrected chi connectivity index (χ4v) is 3.86. The van der Waals surface area contributed by atoms with E-state index in [0.29, 0.717) is 6.42 Å². The summed E-state index contributed by atoms with van der Waals surface area (Å²) in [5, 5.41) is 0.997. The maximum absolute atomic E-state index is 11.8. The van der Waals surface area contributed by atoms with E-state index < -0.39 is 0 Å². The second-order valence-electron chi connectivity index (χ2n) is 5.21. The maximum atomic E-state index is 11.8. The van der Waals surface area contributed by atoms with Crippen LogP contribution in [0.25, 0.3) is 0 Å². The predicted octanol–water partition coefficient (Wildman–Crippen LogP) is 2.28. The number of fused-ring (bicyclic) bond motifs is 1. The van der Waals surface area contributed by atoms with E-state index in [4.69, 9.17) is 4.74 Å². The van der Waals surface area contributed by atoms with Gasteiger partial charge in [0.1, 0.15) is 5.69 Å². The summed E-state index contributed by atoms with van der Waals surface area (Å²) in [6.45, 7) is 5.90. The number of Topliss-reactive ketones (excluding diaryl/α,β-unsaturated/α-hetero) is 1. The number of ketones is 1. The molecule has 0 N–H and O–H groups in total. The lowest BCUT2D eigenvalue weighted by molar-refractivity contribution is -0.00522. The van der Waals surface area contributed by atoms with Crippen molar-refractivity contribution < 1.29 is 9.53 Å². The third-order valence-electron chi connectivity index (χ3n) is 3.45. The maximum Gasteiger partial charge on any atom is 0.186 e. The van der Waals surface area contributed by atoms with E-state index in [0.717, 1.165) is 36.8 Å². The molecule has 0 amide bonds. The highest BCUT2D eigenvalue weighted by Gasteiger charge is 2.28. The molecule has 1 aromatic rings. The van der Waals surface area contributed by atoms with Crippen LogP contribution in [0.2, 0.25) is 0 Å². The number of hydrogen-bond donors (Lipinski definition) is 0. The van der Waals surface area contributed by atoms with Gasteiger partial charge in [-0.15, -0.1) is 11.3 Å². The number of carbonyl (C=O) groups is 1. The van der Waals surface area contributed by atoms with Gasteiger partial charge in [-0.2, -0.15) is 0 Å². The van der Waals surface area contributed by atoms with Crippen molar-refractivity contribution in [3.63, 3.8) is 0 Å². The van der Waals surface area contributed by atoms with Crippen molar-refractivity contribution in [2.45, 2.75) is 45.3 Å². The zero-order chi connectivity index (χ0) is 12.7. The smallest absolute Gasteiger partial charge is 0.186 e. The molecule has 1 aliphatic heterocycles. The number of morpholine rings is 1. The highest BCUT2D eigenvalue weighted by atomic mass is 32.1. The van der Waals surface area contributed by atoms with E-state index in [-0.39, 0.29) is 18.0 Å². The number of rotatable bonds is 1. The molecular formula is C13H18N2O2S. The largest absolute Gasteiger partial charge is 0.372 e. The number of aryl methyl sites for hydroxylation is 1. The molecule has 3 rings (SSSR count). The summed E-state index contributed by atoms with van der Waals surface area (Å²) >= 11 is 1.69. The van der Waals surface area contributed by atoms with E-state index in [2.05, 4.69) is 23.7 Å². The number of hydrogen-bond acceptors (Lipinski definition) is 5. The van der Waals surface area contributed by atoms with Gasteiger partial charge in [-0.1, -0.05) is 0 Å². The molecule has 1 aliphatic carbocycles. The van der Waals surface area contributed by atoms with Gasteiger partial charge in [0.05, 0.1) is 12.2 Å². The van der Waals surface area contributed by atoms with Gasteiger partial charge >= 0.3 is 0 Å². The fourth-order valence-electron chi connectivity index (χ4n) is 2.72. The molecule has 0 saturated carbocycles. The van der Waals surface area contributed by atoms with Gasteiger partial charge in [0.25, 0.3) is 0 Å². The Kier molecular flexibility index (Phi) is 3.11. The van der Waals surface area contributed by atoms with Crippen molar-refractivity contribution in [2.75, 3.05) is 18.0 Å². The topological polar surface area (TPSA) is 42.4 Å². The molecule has 1 aromatic heterocycles. The number of carbonyl (C=O) groups excluding carboxylic acids is 1.